The average molecular weight is 285 g/mol. The van der Waals surface area contributed by atoms with E-state index in [2.05, 4.69) is 18.7 Å². The Morgan fingerprint density at radius 1 is 1.20 bits per heavy atom. The molecule has 0 unspecified atom stereocenters. The molecule has 0 spiro atoms. The average Bonchev–Trinajstić information content (AvgIpc) is 2.38. The zero-order valence-electron chi connectivity index (χ0n) is 12.1. The Hall–Kier alpha value is -1.03. The van der Waals surface area contributed by atoms with Crippen LogP contribution in [0.3, 0.4) is 0 Å². The Bertz CT molecular complexity index is 432. The highest BCUT2D eigenvalue weighted by Gasteiger charge is 2.31. The van der Waals surface area contributed by atoms with Crippen molar-refractivity contribution >= 4 is 0 Å². The van der Waals surface area contributed by atoms with Crippen molar-refractivity contribution in [3.05, 3.63) is 35.4 Å². The van der Waals surface area contributed by atoms with Gasteiger partial charge in [-0.25, -0.2) is 0 Å². The first-order valence-electron chi connectivity index (χ1n) is 7.26. The Labute approximate surface area is 118 Å². The van der Waals surface area contributed by atoms with E-state index in [1.807, 2.05) is 6.07 Å². The minimum Gasteiger partial charge on any atom is -0.303 e. The van der Waals surface area contributed by atoms with Crippen molar-refractivity contribution in [1.29, 1.82) is 0 Å². The van der Waals surface area contributed by atoms with Crippen molar-refractivity contribution in [2.75, 3.05) is 19.6 Å². The smallest absolute Gasteiger partial charge is 0.303 e. The van der Waals surface area contributed by atoms with Gasteiger partial charge in [0.05, 0.1) is 5.56 Å². The van der Waals surface area contributed by atoms with Crippen LogP contribution in [0.25, 0.3) is 0 Å². The zero-order valence-corrected chi connectivity index (χ0v) is 12.1. The molecular formula is C16H22F3N. The molecule has 1 nitrogen and oxygen atoms in total. The SMILES string of the molecule is CC(C)CN1CCC(c2cccc(C(F)(F)F)c2)CC1. The van der Waals surface area contributed by atoms with Gasteiger partial charge in [0.2, 0.25) is 0 Å². The van der Waals surface area contributed by atoms with Gasteiger partial charge in [0, 0.05) is 6.54 Å². The molecule has 1 aliphatic rings. The summed E-state index contributed by atoms with van der Waals surface area (Å²) in [6.07, 6.45) is -2.34. The number of likely N-dealkylation sites (tertiary alicyclic amines) is 1. The van der Waals surface area contributed by atoms with Crippen LogP contribution in [-0.2, 0) is 6.18 Å². The minimum atomic E-state index is -4.24. The van der Waals surface area contributed by atoms with E-state index in [-0.39, 0.29) is 5.92 Å². The molecule has 0 N–H and O–H groups in total. The molecular weight excluding hydrogens is 263 g/mol. The molecule has 1 aromatic rings. The van der Waals surface area contributed by atoms with Gasteiger partial charge in [-0.2, -0.15) is 13.2 Å². The van der Waals surface area contributed by atoms with Gasteiger partial charge in [0.1, 0.15) is 0 Å². The number of alkyl halides is 3. The summed E-state index contributed by atoms with van der Waals surface area (Å²) in [5, 5.41) is 0. The molecule has 1 fully saturated rings. The van der Waals surface area contributed by atoms with Crippen LogP contribution in [-0.4, -0.2) is 24.5 Å². The first kappa shape index (κ1) is 15.4. The predicted molar refractivity (Wildman–Crippen MR) is 74.7 cm³/mol. The van der Waals surface area contributed by atoms with Crippen molar-refractivity contribution < 1.29 is 13.2 Å². The Balaban J connectivity index is 2.00. The Morgan fingerprint density at radius 2 is 1.85 bits per heavy atom. The van der Waals surface area contributed by atoms with Gasteiger partial charge in [-0.05, 0) is 49.4 Å². The molecule has 0 aromatic heterocycles. The molecule has 112 valence electrons. The molecule has 0 aliphatic carbocycles. The number of hydrogen-bond acceptors (Lipinski definition) is 1. The van der Waals surface area contributed by atoms with E-state index in [0.29, 0.717) is 5.92 Å². The van der Waals surface area contributed by atoms with E-state index < -0.39 is 11.7 Å². The maximum Gasteiger partial charge on any atom is 0.416 e. The van der Waals surface area contributed by atoms with Gasteiger partial charge < -0.3 is 4.90 Å². The summed E-state index contributed by atoms with van der Waals surface area (Å²) in [7, 11) is 0. The van der Waals surface area contributed by atoms with Crippen LogP contribution in [0.2, 0.25) is 0 Å². The van der Waals surface area contributed by atoms with Gasteiger partial charge in [-0.15, -0.1) is 0 Å². The number of rotatable bonds is 3. The highest BCUT2D eigenvalue weighted by atomic mass is 19.4. The Morgan fingerprint density at radius 3 is 2.40 bits per heavy atom. The zero-order chi connectivity index (χ0) is 14.8. The summed E-state index contributed by atoms with van der Waals surface area (Å²) in [6, 6.07) is 5.83. The molecule has 20 heavy (non-hydrogen) atoms. The van der Waals surface area contributed by atoms with Gasteiger partial charge >= 0.3 is 6.18 Å². The lowest BCUT2D eigenvalue weighted by Crippen LogP contribution is -2.35. The minimum absolute atomic E-state index is 0.265. The van der Waals surface area contributed by atoms with E-state index in [1.165, 1.54) is 12.1 Å². The summed E-state index contributed by atoms with van der Waals surface area (Å²) in [6.45, 7) is 7.44. The van der Waals surface area contributed by atoms with Crippen LogP contribution < -0.4 is 0 Å². The van der Waals surface area contributed by atoms with E-state index in [4.69, 9.17) is 0 Å². The van der Waals surface area contributed by atoms with Crippen LogP contribution in [0.15, 0.2) is 24.3 Å². The third kappa shape index (κ3) is 3.98. The lowest BCUT2D eigenvalue weighted by atomic mass is 9.88. The van der Waals surface area contributed by atoms with E-state index in [0.717, 1.165) is 44.1 Å². The Kier molecular flexibility index (Phi) is 4.74. The molecule has 4 heteroatoms. The van der Waals surface area contributed by atoms with Crippen molar-refractivity contribution in [2.45, 2.75) is 38.8 Å². The molecule has 2 rings (SSSR count). The van der Waals surface area contributed by atoms with Gasteiger partial charge in [-0.1, -0.05) is 32.0 Å². The van der Waals surface area contributed by atoms with Crippen LogP contribution in [0.4, 0.5) is 13.2 Å². The maximum absolute atomic E-state index is 12.7. The standard InChI is InChI=1S/C16H22F3N/c1-12(2)11-20-8-6-13(7-9-20)14-4-3-5-15(10-14)16(17,18)19/h3-5,10,12-13H,6-9,11H2,1-2H3. The number of hydrogen-bond donors (Lipinski definition) is 0. The summed E-state index contributed by atoms with van der Waals surface area (Å²) in [4.78, 5) is 2.41. The molecule has 0 amide bonds. The van der Waals surface area contributed by atoms with Gasteiger partial charge in [0.15, 0.2) is 0 Å². The van der Waals surface area contributed by atoms with Crippen LogP contribution in [0.1, 0.15) is 43.7 Å². The summed E-state index contributed by atoms with van der Waals surface area (Å²) in [5.74, 6) is 0.904. The van der Waals surface area contributed by atoms with E-state index >= 15 is 0 Å². The number of benzene rings is 1. The monoisotopic (exact) mass is 285 g/mol. The highest BCUT2D eigenvalue weighted by molar-refractivity contribution is 5.28. The van der Waals surface area contributed by atoms with E-state index in [1.54, 1.807) is 0 Å². The fourth-order valence-electron chi connectivity index (χ4n) is 2.93. The number of halogens is 3. The van der Waals surface area contributed by atoms with Crippen LogP contribution >= 0.6 is 0 Å². The first-order valence-corrected chi connectivity index (χ1v) is 7.26. The van der Waals surface area contributed by atoms with Crippen molar-refractivity contribution in [3.63, 3.8) is 0 Å². The molecule has 1 heterocycles. The van der Waals surface area contributed by atoms with Crippen molar-refractivity contribution in [2.24, 2.45) is 5.92 Å². The number of piperidine rings is 1. The first-order chi connectivity index (χ1) is 9.36. The normalized spacial score (nSPS) is 18.7. The second-order valence-corrected chi connectivity index (χ2v) is 6.09. The molecule has 0 saturated carbocycles. The van der Waals surface area contributed by atoms with E-state index in [9.17, 15) is 13.2 Å². The summed E-state index contributed by atoms with van der Waals surface area (Å²) in [5.41, 5.74) is 0.309. The summed E-state index contributed by atoms with van der Waals surface area (Å²) < 4.78 is 38.2. The molecule has 0 radical (unpaired) electrons. The molecule has 1 aliphatic heterocycles. The maximum atomic E-state index is 12.7. The lowest BCUT2D eigenvalue weighted by Gasteiger charge is -2.33. The predicted octanol–water partition coefficient (Wildman–Crippen LogP) is 4.54. The quantitative estimate of drug-likeness (QED) is 0.788. The highest BCUT2D eigenvalue weighted by Crippen LogP contribution is 2.34. The largest absolute Gasteiger partial charge is 0.416 e. The molecule has 1 saturated heterocycles. The second-order valence-electron chi connectivity index (χ2n) is 6.09. The molecule has 0 atom stereocenters. The van der Waals surface area contributed by atoms with Crippen LogP contribution in [0.5, 0.6) is 0 Å². The second kappa shape index (κ2) is 6.17. The lowest BCUT2D eigenvalue weighted by molar-refractivity contribution is -0.137. The van der Waals surface area contributed by atoms with Gasteiger partial charge in [-0.3, -0.25) is 0 Å². The van der Waals surface area contributed by atoms with Crippen molar-refractivity contribution in [3.8, 4) is 0 Å². The van der Waals surface area contributed by atoms with Crippen LogP contribution in [0, 0.1) is 5.92 Å². The topological polar surface area (TPSA) is 3.24 Å². The van der Waals surface area contributed by atoms with Crippen molar-refractivity contribution in [1.82, 2.24) is 4.90 Å². The number of nitrogens with zero attached hydrogens (tertiary/aromatic N) is 1. The fraction of sp³-hybridized carbons (Fsp3) is 0.625. The fourth-order valence-corrected chi connectivity index (χ4v) is 2.93. The summed E-state index contributed by atoms with van der Waals surface area (Å²) >= 11 is 0. The van der Waals surface area contributed by atoms with Gasteiger partial charge in [0.25, 0.3) is 0 Å². The molecule has 1 aromatic carbocycles. The third-order valence-electron chi connectivity index (χ3n) is 3.90. The third-order valence-corrected chi connectivity index (χ3v) is 3.90. The molecule has 0 bridgehead atoms.